The van der Waals surface area contributed by atoms with Crippen LogP contribution in [-0.2, 0) is 16.6 Å². The van der Waals surface area contributed by atoms with Crippen LogP contribution in [0.2, 0.25) is 0 Å². The molecule has 0 amide bonds. The molecular weight excluding hydrogens is 328 g/mol. The number of rotatable bonds is 4. The summed E-state index contributed by atoms with van der Waals surface area (Å²) in [5, 5.41) is 0. The largest absolute Gasteiger partial charge is 0.326 e. The fourth-order valence-electron chi connectivity index (χ4n) is 2.43. The highest BCUT2D eigenvalue weighted by Gasteiger charge is 2.25. The zero-order valence-electron chi connectivity index (χ0n) is 10.9. The number of sulfonamides is 1. The Morgan fingerprint density at radius 3 is 2.58 bits per heavy atom. The quantitative estimate of drug-likeness (QED) is 0.879. The van der Waals surface area contributed by atoms with E-state index in [2.05, 4.69) is 20.7 Å². The molecule has 1 fully saturated rings. The predicted molar refractivity (Wildman–Crippen MR) is 79.3 cm³/mol. The molecule has 0 spiro atoms. The van der Waals surface area contributed by atoms with Gasteiger partial charge in [-0.15, -0.1) is 0 Å². The first kappa shape index (κ1) is 15.0. The molecule has 3 N–H and O–H groups in total. The van der Waals surface area contributed by atoms with E-state index in [1.807, 2.05) is 6.07 Å². The second-order valence-corrected chi connectivity index (χ2v) is 7.54. The molecule has 0 saturated heterocycles. The van der Waals surface area contributed by atoms with E-state index in [1.165, 1.54) is 0 Å². The van der Waals surface area contributed by atoms with Crippen LogP contribution in [0.5, 0.6) is 0 Å². The van der Waals surface area contributed by atoms with Gasteiger partial charge >= 0.3 is 0 Å². The molecule has 0 aliphatic heterocycles. The van der Waals surface area contributed by atoms with Crippen molar-refractivity contribution >= 4 is 26.0 Å². The molecule has 0 bridgehead atoms. The molecular formula is C13H19BrN2O2S. The molecule has 1 aliphatic carbocycles. The fraction of sp³-hybridized carbons (Fsp3) is 0.538. The molecule has 0 unspecified atom stereocenters. The van der Waals surface area contributed by atoms with Gasteiger partial charge in [-0.25, -0.2) is 13.1 Å². The van der Waals surface area contributed by atoms with Gasteiger partial charge in [0.05, 0.1) is 4.90 Å². The lowest BCUT2D eigenvalue weighted by Gasteiger charge is -2.16. The highest BCUT2D eigenvalue weighted by atomic mass is 79.9. The van der Waals surface area contributed by atoms with Crippen molar-refractivity contribution in [1.82, 2.24) is 4.72 Å². The summed E-state index contributed by atoms with van der Waals surface area (Å²) >= 11 is 3.40. The van der Waals surface area contributed by atoms with Crippen molar-refractivity contribution in [3.63, 3.8) is 0 Å². The second-order valence-electron chi connectivity index (χ2n) is 5.01. The lowest BCUT2D eigenvalue weighted by Crippen LogP contribution is -2.33. The minimum absolute atomic E-state index is 0.0738. The molecule has 19 heavy (non-hydrogen) atoms. The summed E-state index contributed by atoms with van der Waals surface area (Å²) in [5.74, 6) is 0. The first-order chi connectivity index (χ1) is 8.94. The number of halogens is 1. The predicted octanol–water partition coefficient (Wildman–Crippen LogP) is 2.44. The molecule has 0 aromatic heterocycles. The van der Waals surface area contributed by atoms with Crippen LogP contribution in [-0.4, -0.2) is 14.5 Å². The third-order valence-electron chi connectivity index (χ3n) is 3.56. The van der Waals surface area contributed by atoms with Gasteiger partial charge in [-0.05, 0) is 43.0 Å². The summed E-state index contributed by atoms with van der Waals surface area (Å²) < 4.78 is 28.5. The first-order valence-electron chi connectivity index (χ1n) is 6.45. The van der Waals surface area contributed by atoms with E-state index in [9.17, 15) is 8.42 Å². The van der Waals surface area contributed by atoms with Gasteiger partial charge in [-0.2, -0.15) is 0 Å². The first-order valence-corrected chi connectivity index (χ1v) is 8.73. The molecule has 0 atom stereocenters. The third kappa shape index (κ3) is 3.37. The Hall–Kier alpha value is -0.430. The second kappa shape index (κ2) is 5.91. The molecule has 106 valence electrons. The number of hydrogen-bond donors (Lipinski definition) is 2. The number of nitrogens with one attached hydrogen (secondary N) is 1. The van der Waals surface area contributed by atoms with Crippen LogP contribution in [0.15, 0.2) is 21.5 Å². The summed E-state index contributed by atoms with van der Waals surface area (Å²) in [5.41, 5.74) is 7.14. The van der Waals surface area contributed by atoms with Crippen LogP contribution in [0.4, 0.5) is 0 Å². The number of benzene rings is 1. The standard InChI is InChI=1S/C13H19BrN2O2S/c1-9-12(14)6-10(8-15)7-13(9)19(17,18)16-11-4-2-3-5-11/h6-7,11,16H,2-5,8,15H2,1H3. The van der Waals surface area contributed by atoms with Crippen LogP contribution in [0.3, 0.4) is 0 Å². The molecule has 1 aromatic rings. The van der Waals surface area contributed by atoms with E-state index >= 15 is 0 Å². The van der Waals surface area contributed by atoms with E-state index in [1.54, 1.807) is 13.0 Å². The molecule has 6 heteroatoms. The Bertz CT molecular complexity index is 566. The van der Waals surface area contributed by atoms with Gasteiger partial charge in [0.2, 0.25) is 10.0 Å². The summed E-state index contributed by atoms with van der Waals surface area (Å²) in [6.07, 6.45) is 4.05. The Morgan fingerprint density at radius 2 is 2.00 bits per heavy atom. The number of nitrogens with two attached hydrogens (primary N) is 1. The molecule has 4 nitrogen and oxygen atoms in total. The van der Waals surface area contributed by atoms with Crippen LogP contribution < -0.4 is 10.5 Å². The van der Waals surface area contributed by atoms with Gasteiger partial charge in [-0.1, -0.05) is 28.8 Å². The van der Waals surface area contributed by atoms with Crippen molar-refractivity contribution in [3.8, 4) is 0 Å². The summed E-state index contributed by atoms with van der Waals surface area (Å²) in [7, 11) is -3.47. The van der Waals surface area contributed by atoms with E-state index < -0.39 is 10.0 Å². The Morgan fingerprint density at radius 1 is 1.37 bits per heavy atom. The van der Waals surface area contributed by atoms with E-state index in [0.29, 0.717) is 11.4 Å². The van der Waals surface area contributed by atoms with Gasteiger partial charge in [0.1, 0.15) is 0 Å². The molecule has 1 saturated carbocycles. The Labute approximate surface area is 122 Å². The molecule has 1 aromatic carbocycles. The zero-order chi connectivity index (χ0) is 14.0. The molecule has 1 aliphatic rings. The van der Waals surface area contributed by atoms with E-state index in [4.69, 9.17) is 5.73 Å². The maximum absolute atomic E-state index is 12.5. The van der Waals surface area contributed by atoms with Crippen LogP contribution >= 0.6 is 15.9 Å². The summed E-state index contributed by atoms with van der Waals surface area (Å²) in [6.45, 7) is 2.12. The van der Waals surface area contributed by atoms with Crippen LogP contribution in [0.25, 0.3) is 0 Å². The van der Waals surface area contributed by atoms with E-state index in [-0.39, 0.29) is 6.04 Å². The van der Waals surface area contributed by atoms with Gasteiger partial charge in [0.15, 0.2) is 0 Å². The smallest absolute Gasteiger partial charge is 0.241 e. The normalized spacial score (nSPS) is 17.0. The van der Waals surface area contributed by atoms with Crippen LogP contribution in [0, 0.1) is 6.92 Å². The lowest BCUT2D eigenvalue weighted by molar-refractivity contribution is 0.551. The molecule has 0 heterocycles. The van der Waals surface area contributed by atoms with Crippen molar-refractivity contribution in [2.24, 2.45) is 5.73 Å². The maximum Gasteiger partial charge on any atom is 0.241 e. The minimum Gasteiger partial charge on any atom is -0.326 e. The van der Waals surface area contributed by atoms with Crippen molar-refractivity contribution in [2.75, 3.05) is 0 Å². The third-order valence-corrected chi connectivity index (χ3v) is 6.03. The van der Waals surface area contributed by atoms with E-state index in [0.717, 1.165) is 41.3 Å². The Kier molecular flexibility index (Phi) is 4.66. The topological polar surface area (TPSA) is 72.2 Å². The van der Waals surface area contributed by atoms with Crippen molar-refractivity contribution in [3.05, 3.63) is 27.7 Å². The maximum atomic E-state index is 12.5. The molecule has 0 radical (unpaired) electrons. The van der Waals surface area contributed by atoms with Gasteiger partial charge < -0.3 is 5.73 Å². The summed E-state index contributed by atoms with van der Waals surface area (Å²) in [4.78, 5) is 0.328. The molecule has 2 rings (SSSR count). The van der Waals surface area contributed by atoms with Crippen molar-refractivity contribution in [2.45, 2.75) is 50.1 Å². The average Bonchev–Trinajstić information content (AvgIpc) is 2.84. The lowest BCUT2D eigenvalue weighted by atomic mass is 10.1. The summed E-state index contributed by atoms with van der Waals surface area (Å²) in [6, 6.07) is 3.60. The Balaban J connectivity index is 2.36. The van der Waals surface area contributed by atoms with Gasteiger partial charge in [-0.3, -0.25) is 0 Å². The monoisotopic (exact) mass is 346 g/mol. The van der Waals surface area contributed by atoms with Crippen molar-refractivity contribution in [1.29, 1.82) is 0 Å². The highest BCUT2D eigenvalue weighted by molar-refractivity contribution is 9.10. The van der Waals surface area contributed by atoms with Crippen LogP contribution in [0.1, 0.15) is 36.8 Å². The van der Waals surface area contributed by atoms with Crippen molar-refractivity contribution < 1.29 is 8.42 Å². The average molecular weight is 347 g/mol. The SMILES string of the molecule is Cc1c(Br)cc(CN)cc1S(=O)(=O)NC1CCCC1. The fourth-order valence-corrected chi connectivity index (χ4v) is 4.69. The van der Waals surface area contributed by atoms with Gasteiger partial charge in [0, 0.05) is 17.1 Å². The highest BCUT2D eigenvalue weighted by Crippen LogP contribution is 2.27. The van der Waals surface area contributed by atoms with Gasteiger partial charge in [0.25, 0.3) is 0 Å². The number of hydrogen-bond acceptors (Lipinski definition) is 3. The zero-order valence-corrected chi connectivity index (χ0v) is 13.4. The minimum atomic E-state index is -3.47.